The molecule has 1 aromatic carbocycles. The van der Waals surface area contributed by atoms with Gasteiger partial charge in [-0.2, -0.15) is 0 Å². The van der Waals surface area contributed by atoms with E-state index in [0.717, 1.165) is 18.4 Å². The van der Waals surface area contributed by atoms with Gasteiger partial charge < -0.3 is 14.0 Å². The minimum atomic E-state index is -0.636. The molecule has 0 saturated carbocycles. The fourth-order valence-corrected chi connectivity index (χ4v) is 3.21. The molecular formula is C16H18Cl2N2O2. The molecule has 2 aromatic rings. The monoisotopic (exact) mass is 340 g/mol. The predicted molar refractivity (Wildman–Crippen MR) is 86.2 cm³/mol. The molecule has 1 aliphatic rings. The van der Waals surface area contributed by atoms with Crippen LogP contribution in [0.3, 0.4) is 0 Å². The topological polar surface area (TPSA) is 36.3 Å². The minimum Gasteiger partial charge on any atom is -0.345 e. The number of aromatic nitrogens is 2. The van der Waals surface area contributed by atoms with Crippen LogP contribution >= 0.6 is 23.2 Å². The van der Waals surface area contributed by atoms with Crippen LogP contribution in [0.1, 0.15) is 18.9 Å². The maximum Gasteiger partial charge on any atom is 0.187 e. The van der Waals surface area contributed by atoms with Gasteiger partial charge in [-0.05, 0) is 31.0 Å². The zero-order valence-corrected chi connectivity index (χ0v) is 13.8. The highest BCUT2D eigenvalue weighted by Crippen LogP contribution is 2.32. The van der Waals surface area contributed by atoms with Gasteiger partial charge in [0.25, 0.3) is 0 Å². The molecule has 118 valence electrons. The van der Waals surface area contributed by atoms with E-state index >= 15 is 0 Å². The fraction of sp³-hybridized carbons (Fsp3) is 0.438. The normalized spacial score (nSPS) is 24.8. The molecule has 0 aliphatic carbocycles. The maximum atomic E-state index is 6.25. The molecule has 1 fully saturated rings. The van der Waals surface area contributed by atoms with Crippen molar-refractivity contribution in [2.45, 2.75) is 38.2 Å². The van der Waals surface area contributed by atoms with Crippen molar-refractivity contribution in [2.24, 2.45) is 0 Å². The molecule has 0 spiro atoms. The summed E-state index contributed by atoms with van der Waals surface area (Å²) < 4.78 is 14.0. The van der Waals surface area contributed by atoms with E-state index in [1.807, 2.05) is 29.8 Å². The molecule has 0 bridgehead atoms. The van der Waals surface area contributed by atoms with Crippen molar-refractivity contribution in [3.8, 4) is 0 Å². The largest absolute Gasteiger partial charge is 0.345 e. The van der Waals surface area contributed by atoms with Gasteiger partial charge in [-0.1, -0.05) is 29.3 Å². The molecule has 6 heteroatoms. The van der Waals surface area contributed by atoms with Crippen molar-refractivity contribution in [2.75, 3.05) is 6.61 Å². The molecule has 0 radical (unpaired) electrons. The zero-order valence-electron chi connectivity index (χ0n) is 12.3. The number of nitrogens with zero attached hydrogens (tertiary/aromatic N) is 2. The lowest BCUT2D eigenvalue weighted by molar-refractivity contribution is -0.180. The number of rotatable bonds is 5. The molecule has 22 heavy (non-hydrogen) atoms. The number of benzene rings is 1. The summed E-state index contributed by atoms with van der Waals surface area (Å²) in [5.74, 6) is -0.636. The summed E-state index contributed by atoms with van der Waals surface area (Å²) >= 11 is 12.2. The Morgan fingerprint density at radius 3 is 2.91 bits per heavy atom. The first-order valence-electron chi connectivity index (χ1n) is 7.28. The number of hydrogen-bond donors (Lipinski definition) is 0. The number of halogens is 2. The van der Waals surface area contributed by atoms with E-state index in [9.17, 15) is 0 Å². The number of ether oxygens (including phenoxy) is 2. The lowest BCUT2D eigenvalue weighted by Gasteiger charge is -2.28. The Labute approximate surface area is 140 Å². The van der Waals surface area contributed by atoms with Gasteiger partial charge in [0.2, 0.25) is 0 Å². The number of hydrogen-bond acceptors (Lipinski definition) is 3. The van der Waals surface area contributed by atoms with Crippen LogP contribution < -0.4 is 0 Å². The SMILES string of the molecule is CC1COC(CCc2ccc(Cl)cc2Cl)(Cn2ccnc2)O1. The molecule has 3 rings (SSSR count). The first-order chi connectivity index (χ1) is 10.6. The van der Waals surface area contributed by atoms with E-state index in [-0.39, 0.29) is 6.10 Å². The molecule has 1 saturated heterocycles. The maximum absolute atomic E-state index is 6.25. The van der Waals surface area contributed by atoms with Crippen molar-refractivity contribution in [1.29, 1.82) is 0 Å². The van der Waals surface area contributed by atoms with Gasteiger partial charge in [-0.3, -0.25) is 0 Å². The molecule has 2 unspecified atom stereocenters. The van der Waals surface area contributed by atoms with Crippen LogP contribution in [0.5, 0.6) is 0 Å². The minimum absolute atomic E-state index is 0.0872. The number of aryl methyl sites for hydroxylation is 1. The van der Waals surface area contributed by atoms with E-state index in [2.05, 4.69) is 4.98 Å². The summed E-state index contributed by atoms with van der Waals surface area (Å²) in [5.41, 5.74) is 1.04. The molecule has 2 heterocycles. The summed E-state index contributed by atoms with van der Waals surface area (Å²) in [4.78, 5) is 4.07. The molecule has 0 N–H and O–H groups in total. The Bertz CT molecular complexity index is 633. The Hall–Kier alpha value is -1.07. The fourth-order valence-electron chi connectivity index (χ4n) is 2.70. The van der Waals surface area contributed by atoms with Crippen molar-refractivity contribution in [3.63, 3.8) is 0 Å². The van der Waals surface area contributed by atoms with Gasteiger partial charge in [-0.25, -0.2) is 4.98 Å². The van der Waals surface area contributed by atoms with Gasteiger partial charge >= 0.3 is 0 Å². The molecule has 1 aliphatic heterocycles. The van der Waals surface area contributed by atoms with E-state index in [1.165, 1.54) is 0 Å². The van der Waals surface area contributed by atoms with E-state index in [4.69, 9.17) is 32.7 Å². The Balaban J connectivity index is 1.73. The highest BCUT2D eigenvalue weighted by molar-refractivity contribution is 6.35. The van der Waals surface area contributed by atoms with Gasteiger partial charge in [0, 0.05) is 28.9 Å². The van der Waals surface area contributed by atoms with Crippen LogP contribution in [-0.4, -0.2) is 28.0 Å². The quantitative estimate of drug-likeness (QED) is 0.826. The first-order valence-corrected chi connectivity index (χ1v) is 8.03. The van der Waals surface area contributed by atoms with Crippen molar-refractivity contribution in [1.82, 2.24) is 9.55 Å². The lowest BCUT2D eigenvalue weighted by Crippen LogP contribution is -2.36. The first kappa shape index (κ1) is 15.8. The van der Waals surface area contributed by atoms with E-state index in [1.54, 1.807) is 18.6 Å². The average molecular weight is 341 g/mol. The van der Waals surface area contributed by atoms with Gasteiger partial charge in [0.1, 0.15) is 0 Å². The van der Waals surface area contributed by atoms with Gasteiger partial charge in [-0.15, -0.1) is 0 Å². The second-order valence-corrected chi connectivity index (χ2v) is 6.46. The second kappa shape index (κ2) is 6.59. The summed E-state index contributed by atoms with van der Waals surface area (Å²) in [6.07, 6.45) is 7.00. The summed E-state index contributed by atoms with van der Waals surface area (Å²) in [6, 6.07) is 5.57. The molecule has 0 amide bonds. The average Bonchev–Trinajstić information content (AvgIpc) is 3.09. The predicted octanol–water partition coefficient (Wildman–Crippen LogP) is 3.95. The third-order valence-electron chi connectivity index (χ3n) is 3.77. The molecule has 1 aromatic heterocycles. The summed E-state index contributed by atoms with van der Waals surface area (Å²) in [7, 11) is 0. The van der Waals surface area contributed by atoms with E-state index < -0.39 is 5.79 Å². The van der Waals surface area contributed by atoms with Crippen molar-refractivity contribution >= 4 is 23.2 Å². The van der Waals surface area contributed by atoms with Crippen molar-refractivity contribution < 1.29 is 9.47 Å². The second-order valence-electron chi connectivity index (χ2n) is 5.62. The summed E-state index contributed by atoms with van der Waals surface area (Å²) in [6.45, 7) is 3.23. The highest BCUT2D eigenvalue weighted by atomic mass is 35.5. The third-order valence-corrected chi connectivity index (χ3v) is 4.36. The Morgan fingerprint density at radius 1 is 1.41 bits per heavy atom. The van der Waals surface area contributed by atoms with Crippen LogP contribution in [0.15, 0.2) is 36.9 Å². The van der Waals surface area contributed by atoms with E-state index in [0.29, 0.717) is 23.2 Å². The summed E-state index contributed by atoms with van der Waals surface area (Å²) in [5, 5.41) is 1.32. The van der Waals surface area contributed by atoms with Crippen LogP contribution in [0, 0.1) is 0 Å². The van der Waals surface area contributed by atoms with Crippen LogP contribution in [0.4, 0.5) is 0 Å². The van der Waals surface area contributed by atoms with Crippen LogP contribution in [0.2, 0.25) is 10.0 Å². The van der Waals surface area contributed by atoms with Gasteiger partial charge in [0.15, 0.2) is 5.79 Å². The standard InChI is InChI=1S/C16H18Cl2N2O2/c1-12-9-21-16(22-12,10-20-7-6-19-11-20)5-4-13-2-3-14(17)8-15(13)18/h2-3,6-8,11-12H,4-5,9-10H2,1H3. The lowest BCUT2D eigenvalue weighted by atomic mass is 10.0. The van der Waals surface area contributed by atoms with Crippen LogP contribution in [-0.2, 0) is 22.4 Å². The smallest absolute Gasteiger partial charge is 0.187 e. The molecule has 4 nitrogen and oxygen atoms in total. The molecular weight excluding hydrogens is 323 g/mol. The third kappa shape index (κ3) is 3.63. The number of imidazole rings is 1. The Morgan fingerprint density at radius 2 is 2.27 bits per heavy atom. The zero-order chi connectivity index (χ0) is 15.6. The van der Waals surface area contributed by atoms with Crippen LogP contribution in [0.25, 0.3) is 0 Å². The van der Waals surface area contributed by atoms with Crippen molar-refractivity contribution in [3.05, 3.63) is 52.5 Å². The van der Waals surface area contributed by atoms with Gasteiger partial charge in [0.05, 0.1) is 25.6 Å². The molecule has 2 atom stereocenters. The highest BCUT2D eigenvalue weighted by Gasteiger charge is 2.40. The Kier molecular flexibility index (Phi) is 4.73.